The van der Waals surface area contributed by atoms with Gasteiger partial charge in [0, 0.05) is 40.6 Å². The molecule has 6 atom stereocenters. The molecule has 2 aromatic rings. The minimum Gasteiger partial charge on any atom is -0.472 e. The molecule has 266 valence electrons. The molecule has 0 spiro atoms. The maximum atomic E-state index is 14.1. The summed E-state index contributed by atoms with van der Waals surface area (Å²) in [6.45, 7) is 3.26. The third-order valence-corrected chi connectivity index (χ3v) is 11.9. The number of pyridine rings is 1. The minimum absolute atomic E-state index is 0.0175. The van der Waals surface area contributed by atoms with Gasteiger partial charge in [0.2, 0.25) is 33.6 Å². The van der Waals surface area contributed by atoms with Gasteiger partial charge in [-0.2, -0.15) is 4.98 Å². The number of aromatic nitrogens is 1. The number of hydrogen-bond acceptors (Lipinski definition) is 8. The minimum atomic E-state index is -3.87. The summed E-state index contributed by atoms with van der Waals surface area (Å²) in [6, 6.07) is 5.43. The Bertz CT molecular complexity index is 1760. The Morgan fingerprint density at radius 1 is 1.16 bits per heavy atom. The van der Waals surface area contributed by atoms with Crippen molar-refractivity contribution in [1.29, 1.82) is 0 Å². The average molecular weight is 723 g/mol. The summed E-state index contributed by atoms with van der Waals surface area (Å²) in [5, 5.41) is 3.50. The molecule has 3 amide bonds. The van der Waals surface area contributed by atoms with Crippen LogP contribution in [0.5, 0.6) is 11.8 Å². The summed E-state index contributed by atoms with van der Waals surface area (Å²) in [6.07, 6.45) is 4.18. The molecule has 0 bridgehead atoms. The molecule has 6 rings (SSSR count). The smallest absolute Gasteiger partial charge is 0.272 e. The first-order valence-electron chi connectivity index (χ1n) is 16.8. The van der Waals surface area contributed by atoms with Crippen molar-refractivity contribution >= 4 is 50.1 Å². The number of hydrogen-bond donors (Lipinski definition) is 2. The number of halogens is 3. The van der Waals surface area contributed by atoms with Crippen molar-refractivity contribution in [3.05, 3.63) is 41.4 Å². The lowest BCUT2D eigenvalue weighted by molar-refractivity contribution is -0.140. The van der Waals surface area contributed by atoms with Crippen LogP contribution in [0.25, 0.3) is 10.8 Å². The highest BCUT2D eigenvalue weighted by Gasteiger charge is 2.62. The molecule has 0 radical (unpaired) electrons. The van der Waals surface area contributed by atoms with Gasteiger partial charge in [-0.3, -0.25) is 19.1 Å². The molecule has 2 aliphatic carbocycles. The molecule has 2 saturated carbocycles. The van der Waals surface area contributed by atoms with Gasteiger partial charge in [0.15, 0.2) is 6.61 Å². The molecule has 3 fully saturated rings. The van der Waals surface area contributed by atoms with E-state index in [0.29, 0.717) is 34.6 Å². The van der Waals surface area contributed by atoms with Crippen molar-refractivity contribution in [2.75, 3.05) is 13.2 Å². The van der Waals surface area contributed by atoms with Crippen LogP contribution in [0, 0.1) is 17.8 Å². The summed E-state index contributed by atoms with van der Waals surface area (Å²) in [5.74, 6) is -1.77. The van der Waals surface area contributed by atoms with E-state index >= 15 is 0 Å². The van der Waals surface area contributed by atoms with E-state index in [-0.39, 0.29) is 49.4 Å². The van der Waals surface area contributed by atoms with Gasteiger partial charge in [0.1, 0.15) is 17.7 Å². The second-order valence-electron chi connectivity index (χ2n) is 13.9. The van der Waals surface area contributed by atoms with Crippen molar-refractivity contribution < 1.29 is 41.1 Å². The highest BCUT2D eigenvalue weighted by Crippen LogP contribution is 2.46. The van der Waals surface area contributed by atoms with Gasteiger partial charge < -0.3 is 19.7 Å². The van der Waals surface area contributed by atoms with Crippen LogP contribution < -0.4 is 19.5 Å². The molecule has 15 heteroatoms. The van der Waals surface area contributed by atoms with Crippen molar-refractivity contribution in [2.24, 2.45) is 17.8 Å². The van der Waals surface area contributed by atoms with Gasteiger partial charge in [-0.1, -0.05) is 43.7 Å². The van der Waals surface area contributed by atoms with E-state index in [1.165, 1.54) is 11.0 Å². The van der Waals surface area contributed by atoms with Crippen LogP contribution >= 0.6 is 11.6 Å². The monoisotopic (exact) mass is 722 g/mol. The zero-order valence-corrected chi connectivity index (χ0v) is 28.9. The number of nitrogens with one attached hydrogen (secondary N) is 2. The van der Waals surface area contributed by atoms with E-state index in [0.717, 1.165) is 19.3 Å². The maximum Gasteiger partial charge on any atom is 0.272 e. The van der Waals surface area contributed by atoms with Crippen molar-refractivity contribution in [2.45, 2.75) is 94.6 Å². The molecule has 49 heavy (non-hydrogen) atoms. The number of sulfonamides is 1. The Morgan fingerprint density at radius 3 is 2.67 bits per heavy atom. The molecule has 2 N–H and O–H groups in total. The Balaban J connectivity index is 1.29. The Hall–Kier alpha value is -3.52. The largest absolute Gasteiger partial charge is 0.472 e. The Labute approximate surface area is 289 Å². The first kappa shape index (κ1) is 35.3. The van der Waals surface area contributed by atoms with Gasteiger partial charge in [-0.15, -0.1) is 0 Å². The Kier molecular flexibility index (Phi) is 10.1. The summed E-state index contributed by atoms with van der Waals surface area (Å²) in [4.78, 5) is 47.3. The summed E-state index contributed by atoms with van der Waals surface area (Å²) < 4.78 is 65.0. The number of rotatable bonds is 8. The van der Waals surface area contributed by atoms with Crippen LogP contribution in [0.4, 0.5) is 8.78 Å². The number of nitrogens with zero attached hydrogens (tertiary/aromatic N) is 2. The molecule has 3 heterocycles. The van der Waals surface area contributed by atoms with Gasteiger partial charge >= 0.3 is 0 Å². The number of benzene rings is 1. The van der Waals surface area contributed by atoms with Crippen molar-refractivity contribution in [1.82, 2.24) is 19.9 Å². The first-order valence-corrected chi connectivity index (χ1v) is 18.7. The lowest BCUT2D eigenvalue weighted by Crippen LogP contribution is -2.56. The van der Waals surface area contributed by atoms with E-state index in [2.05, 4.69) is 21.9 Å². The van der Waals surface area contributed by atoms with Gasteiger partial charge in [-0.25, -0.2) is 17.2 Å². The molecule has 1 aromatic carbocycles. The third kappa shape index (κ3) is 7.95. The molecule has 11 nitrogen and oxygen atoms in total. The lowest BCUT2D eigenvalue weighted by atomic mass is 9.91. The number of alkyl halides is 2. The van der Waals surface area contributed by atoms with E-state index < -0.39 is 63.7 Å². The zero-order valence-electron chi connectivity index (χ0n) is 27.4. The highest BCUT2D eigenvalue weighted by atomic mass is 35.5. The van der Waals surface area contributed by atoms with Crippen LogP contribution in [-0.4, -0.2) is 78.5 Å². The van der Waals surface area contributed by atoms with Crippen LogP contribution in [-0.2, 0) is 24.4 Å². The van der Waals surface area contributed by atoms with Gasteiger partial charge in [0.25, 0.3) is 12.3 Å². The molecular formula is C34H41ClF2N4O7S. The van der Waals surface area contributed by atoms with Crippen LogP contribution in [0.2, 0.25) is 5.02 Å². The van der Waals surface area contributed by atoms with E-state index in [1.54, 1.807) is 18.2 Å². The van der Waals surface area contributed by atoms with Crippen molar-refractivity contribution in [3.8, 4) is 11.8 Å². The molecular weight excluding hydrogens is 682 g/mol. The topological polar surface area (TPSA) is 144 Å². The number of amides is 3. The van der Waals surface area contributed by atoms with Crippen LogP contribution in [0.1, 0.15) is 65.2 Å². The SMILES string of the molecule is C[C@H]1CC/C=C\[C@@H]2C[C@@]2(C(=O)NS(=O)(=O)C2CC2)NC(=O)[C@@H]2C[C@@H](Oc3nc(OCC(F)F)cc4c(Cl)cccc34)CN2C(=O)C[C@H](C)C1. The molecule has 4 aliphatic rings. The zero-order chi connectivity index (χ0) is 35.1. The molecule has 0 unspecified atom stereocenters. The van der Waals surface area contributed by atoms with Crippen LogP contribution in [0.15, 0.2) is 36.4 Å². The van der Waals surface area contributed by atoms with Gasteiger partial charge in [0.05, 0.1) is 11.8 Å². The lowest BCUT2D eigenvalue weighted by Gasteiger charge is -2.27. The number of allylic oxidation sites excluding steroid dienone is 1. The molecule has 2 aliphatic heterocycles. The van der Waals surface area contributed by atoms with Gasteiger partial charge in [-0.05, 0) is 62.5 Å². The van der Waals surface area contributed by atoms with Crippen LogP contribution in [0.3, 0.4) is 0 Å². The number of carbonyl (C=O) groups excluding carboxylic acids is 3. The fourth-order valence-corrected chi connectivity index (χ4v) is 8.57. The Morgan fingerprint density at radius 2 is 1.94 bits per heavy atom. The maximum absolute atomic E-state index is 14.1. The number of carbonyl (C=O) groups is 3. The first-order chi connectivity index (χ1) is 23.3. The van der Waals surface area contributed by atoms with E-state index in [1.807, 2.05) is 19.1 Å². The standard InChI is InChI=1S/C34H41ClF2N4O7S/c1-19-6-3-4-7-21-16-34(21,33(44)40-49(45,46)23-10-11-23)39-31(43)27-14-22(17-41(27)30(42)13-20(2)12-19)48-32-24-8-5-9-26(35)25(24)15-29(38-32)47-18-28(36)37/h4-5,7-9,15,19-23,27-28H,3,6,10-14,16-18H2,1-2H3,(H,39,43)(H,40,44)/b7-4-/t19-,20+,21+,22+,27-,34+/m0/s1. The fraction of sp³-hybridized carbons (Fsp3) is 0.588. The fourth-order valence-electron chi connectivity index (χ4n) is 6.97. The van der Waals surface area contributed by atoms with E-state index in [4.69, 9.17) is 21.1 Å². The number of fused-ring (bicyclic) bond motifs is 3. The predicted octanol–water partition coefficient (Wildman–Crippen LogP) is 4.77. The quantitative estimate of drug-likeness (QED) is 0.371. The highest BCUT2D eigenvalue weighted by molar-refractivity contribution is 7.91. The predicted molar refractivity (Wildman–Crippen MR) is 178 cm³/mol. The average Bonchev–Trinajstić information content (AvgIpc) is 3.95. The molecule has 1 saturated heterocycles. The number of ether oxygens (including phenoxy) is 2. The van der Waals surface area contributed by atoms with Crippen molar-refractivity contribution in [3.63, 3.8) is 0 Å². The third-order valence-electron chi connectivity index (χ3n) is 9.77. The summed E-state index contributed by atoms with van der Waals surface area (Å²) >= 11 is 6.42. The normalized spacial score (nSPS) is 30.1. The summed E-state index contributed by atoms with van der Waals surface area (Å²) in [7, 11) is -3.87. The second-order valence-corrected chi connectivity index (χ2v) is 16.3. The van der Waals surface area contributed by atoms with E-state index in [9.17, 15) is 31.6 Å². The summed E-state index contributed by atoms with van der Waals surface area (Å²) in [5.41, 5.74) is -1.48. The second kappa shape index (κ2) is 14.0. The molecule has 1 aromatic heterocycles.